The van der Waals surface area contributed by atoms with Crippen molar-refractivity contribution in [2.45, 2.75) is 18.2 Å². The van der Waals surface area contributed by atoms with Crippen LogP contribution in [0.3, 0.4) is 0 Å². The number of rotatable bonds is 5. The molecule has 122 valence electrons. The zero-order valence-corrected chi connectivity index (χ0v) is 15.0. The molecule has 5 nitrogen and oxygen atoms in total. The van der Waals surface area contributed by atoms with Gasteiger partial charge in [-0.25, -0.2) is 0 Å². The molecule has 23 heavy (non-hydrogen) atoms. The lowest BCUT2D eigenvalue weighted by Gasteiger charge is -2.10. The summed E-state index contributed by atoms with van der Waals surface area (Å²) in [7, 11) is -2.62. The van der Waals surface area contributed by atoms with Gasteiger partial charge in [-0.3, -0.25) is 4.79 Å². The van der Waals surface area contributed by atoms with E-state index in [0.29, 0.717) is 15.6 Å². The summed E-state index contributed by atoms with van der Waals surface area (Å²) < 4.78 is 35.1. The zero-order valence-electron chi connectivity index (χ0n) is 12.6. The van der Waals surface area contributed by atoms with Crippen LogP contribution in [-0.2, 0) is 26.1 Å². The summed E-state index contributed by atoms with van der Waals surface area (Å²) in [6.07, 6.45) is 0.119. The molecule has 7 heteroatoms. The average Bonchev–Trinajstić information content (AvgIpc) is 2.51. The van der Waals surface area contributed by atoms with Crippen molar-refractivity contribution in [2.75, 3.05) is 7.11 Å². The molecular weight excluding hydrogens is 384 g/mol. The summed E-state index contributed by atoms with van der Waals surface area (Å²) >= 11 is 3.25. The van der Waals surface area contributed by atoms with E-state index in [1.807, 2.05) is 0 Å². The van der Waals surface area contributed by atoms with Crippen LogP contribution < -0.4 is 4.18 Å². The van der Waals surface area contributed by atoms with Gasteiger partial charge in [0.2, 0.25) is 0 Å². The molecule has 0 N–H and O–H groups in total. The molecule has 0 unspecified atom stereocenters. The summed E-state index contributed by atoms with van der Waals surface area (Å²) in [4.78, 5) is 11.3. The summed E-state index contributed by atoms with van der Waals surface area (Å²) in [6, 6.07) is 11.2. The molecule has 0 aliphatic rings. The van der Waals surface area contributed by atoms with Crippen molar-refractivity contribution >= 4 is 32.0 Å². The molecular formula is C16H15BrO5S. The number of carbonyl (C=O) groups is 1. The van der Waals surface area contributed by atoms with Crippen LogP contribution in [0.5, 0.6) is 5.75 Å². The molecule has 0 atom stereocenters. The largest absolute Gasteiger partial charge is 0.469 e. The van der Waals surface area contributed by atoms with Crippen LogP contribution in [0.25, 0.3) is 0 Å². The predicted molar refractivity (Wildman–Crippen MR) is 88.9 cm³/mol. The van der Waals surface area contributed by atoms with Crippen LogP contribution in [0.1, 0.15) is 11.1 Å². The topological polar surface area (TPSA) is 69.7 Å². The predicted octanol–water partition coefficient (Wildman–Crippen LogP) is 3.24. The smallest absolute Gasteiger partial charge is 0.339 e. The van der Waals surface area contributed by atoms with Crippen LogP contribution in [0.15, 0.2) is 51.8 Å². The molecule has 0 heterocycles. The molecule has 0 aliphatic carbocycles. The van der Waals surface area contributed by atoms with Gasteiger partial charge in [0.1, 0.15) is 10.6 Å². The second-order valence-electron chi connectivity index (χ2n) is 4.84. The van der Waals surface area contributed by atoms with Gasteiger partial charge in [0.25, 0.3) is 0 Å². The Kier molecular flexibility index (Phi) is 5.43. The highest BCUT2D eigenvalue weighted by atomic mass is 79.9. The minimum Gasteiger partial charge on any atom is -0.469 e. The third-order valence-corrected chi connectivity index (χ3v) is 5.01. The lowest BCUT2D eigenvalue weighted by atomic mass is 10.1. The number of ether oxygens (including phenoxy) is 1. The first-order valence-electron chi connectivity index (χ1n) is 6.68. The number of methoxy groups -OCH3 is 1. The van der Waals surface area contributed by atoms with Gasteiger partial charge in [0.15, 0.2) is 0 Å². The minimum absolute atomic E-state index is 0.102. The molecule has 0 saturated heterocycles. The number of hydrogen-bond acceptors (Lipinski definition) is 5. The maximum absolute atomic E-state index is 12.4. The first-order chi connectivity index (χ1) is 10.8. The quantitative estimate of drug-likeness (QED) is 0.570. The maximum atomic E-state index is 12.4. The van der Waals surface area contributed by atoms with Crippen molar-refractivity contribution in [1.29, 1.82) is 0 Å². The van der Waals surface area contributed by atoms with E-state index in [2.05, 4.69) is 20.7 Å². The van der Waals surface area contributed by atoms with Crippen LogP contribution in [0.2, 0.25) is 0 Å². The molecule has 0 saturated carbocycles. The second-order valence-corrected chi connectivity index (χ2v) is 7.27. The number of halogens is 1. The fourth-order valence-electron chi connectivity index (χ4n) is 1.92. The Bertz CT molecular complexity index is 813. The van der Waals surface area contributed by atoms with Crippen LogP contribution >= 0.6 is 15.9 Å². The summed E-state index contributed by atoms with van der Waals surface area (Å²) in [5, 5.41) is 0. The number of hydrogen-bond donors (Lipinski definition) is 0. The first-order valence-corrected chi connectivity index (χ1v) is 8.88. The van der Waals surface area contributed by atoms with Gasteiger partial charge in [-0.15, -0.1) is 0 Å². The van der Waals surface area contributed by atoms with Crippen LogP contribution in [0.4, 0.5) is 0 Å². The lowest BCUT2D eigenvalue weighted by Crippen LogP contribution is -2.11. The van der Waals surface area contributed by atoms with E-state index in [4.69, 9.17) is 4.18 Å². The standard InChI is InChI=1S/C16H15BrO5S/c1-11-3-6-13(17)10-15(11)23(19,20)22-14-7-4-12(5-8-14)9-16(18)21-2/h3-8,10H,9H2,1-2H3. The number of aryl methyl sites for hydroxylation is 1. The Morgan fingerprint density at radius 3 is 2.39 bits per heavy atom. The van der Waals surface area contributed by atoms with Gasteiger partial charge in [0, 0.05) is 4.47 Å². The van der Waals surface area contributed by atoms with Crippen molar-refractivity contribution in [3.05, 3.63) is 58.1 Å². The molecule has 0 fully saturated rings. The van der Waals surface area contributed by atoms with Crippen molar-refractivity contribution in [2.24, 2.45) is 0 Å². The van der Waals surface area contributed by atoms with Crippen LogP contribution in [0, 0.1) is 6.92 Å². The van der Waals surface area contributed by atoms with Crippen LogP contribution in [-0.4, -0.2) is 21.5 Å². The highest BCUT2D eigenvalue weighted by Gasteiger charge is 2.19. The van der Waals surface area contributed by atoms with E-state index < -0.39 is 10.1 Å². The molecule has 0 aliphatic heterocycles. The Hall–Kier alpha value is -1.86. The van der Waals surface area contributed by atoms with E-state index in [0.717, 1.165) is 0 Å². The van der Waals surface area contributed by atoms with Gasteiger partial charge in [0.05, 0.1) is 13.5 Å². The van der Waals surface area contributed by atoms with Gasteiger partial charge in [-0.05, 0) is 42.3 Å². The molecule has 2 aromatic rings. The number of carbonyl (C=O) groups excluding carboxylic acids is 1. The zero-order chi connectivity index (χ0) is 17.0. The molecule has 0 aromatic heterocycles. The number of benzene rings is 2. The molecule has 2 rings (SSSR count). The monoisotopic (exact) mass is 398 g/mol. The van der Waals surface area contributed by atoms with Crippen molar-refractivity contribution in [1.82, 2.24) is 0 Å². The van der Waals surface area contributed by atoms with E-state index in [1.54, 1.807) is 31.2 Å². The van der Waals surface area contributed by atoms with E-state index >= 15 is 0 Å². The summed E-state index contributed by atoms with van der Waals surface area (Å²) in [6.45, 7) is 1.70. The Balaban J connectivity index is 2.20. The van der Waals surface area contributed by atoms with Gasteiger partial charge in [-0.1, -0.05) is 34.1 Å². The average molecular weight is 399 g/mol. The third kappa shape index (κ3) is 4.56. The van der Waals surface area contributed by atoms with Gasteiger partial charge >= 0.3 is 16.1 Å². The van der Waals surface area contributed by atoms with E-state index in [-0.39, 0.29) is 23.0 Å². The first kappa shape index (κ1) is 17.5. The summed E-state index contributed by atoms with van der Waals surface area (Å²) in [5.74, 6) is -0.186. The molecule has 0 amide bonds. The molecule has 2 aromatic carbocycles. The fourth-order valence-corrected chi connectivity index (χ4v) is 3.62. The highest BCUT2D eigenvalue weighted by molar-refractivity contribution is 9.10. The normalized spacial score (nSPS) is 11.1. The van der Waals surface area contributed by atoms with Crippen molar-refractivity contribution in [3.63, 3.8) is 0 Å². The molecule has 0 radical (unpaired) electrons. The molecule has 0 spiro atoms. The third-order valence-electron chi connectivity index (χ3n) is 3.12. The SMILES string of the molecule is COC(=O)Cc1ccc(OS(=O)(=O)c2cc(Br)ccc2C)cc1. The lowest BCUT2D eigenvalue weighted by molar-refractivity contribution is -0.139. The minimum atomic E-state index is -3.93. The second kappa shape index (κ2) is 7.14. The molecule has 0 bridgehead atoms. The van der Waals surface area contributed by atoms with Gasteiger partial charge in [-0.2, -0.15) is 8.42 Å². The van der Waals surface area contributed by atoms with Crippen molar-refractivity contribution < 1.29 is 22.1 Å². The number of esters is 1. The summed E-state index contributed by atoms with van der Waals surface area (Å²) in [5.41, 5.74) is 1.30. The van der Waals surface area contributed by atoms with E-state index in [9.17, 15) is 13.2 Å². The van der Waals surface area contributed by atoms with E-state index in [1.165, 1.54) is 25.3 Å². The van der Waals surface area contributed by atoms with Crippen molar-refractivity contribution in [3.8, 4) is 5.75 Å². The fraction of sp³-hybridized carbons (Fsp3) is 0.188. The maximum Gasteiger partial charge on any atom is 0.339 e. The Morgan fingerprint density at radius 2 is 1.78 bits per heavy atom. The van der Waals surface area contributed by atoms with Gasteiger partial charge < -0.3 is 8.92 Å². The Morgan fingerprint density at radius 1 is 1.13 bits per heavy atom. The Labute approximate surface area is 143 Å². The highest BCUT2D eigenvalue weighted by Crippen LogP contribution is 2.24.